The van der Waals surface area contributed by atoms with Crippen molar-refractivity contribution in [1.82, 2.24) is 0 Å². The Balaban J connectivity index is 1.88. The zero-order valence-electron chi connectivity index (χ0n) is 21.3. The molecular formula is C30H26O6S2. The molecule has 0 unspecified atom stereocenters. The van der Waals surface area contributed by atoms with Crippen molar-refractivity contribution in [1.29, 1.82) is 0 Å². The highest BCUT2D eigenvalue weighted by Gasteiger charge is 2.22. The monoisotopic (exact) mass is 546 g/mol. The van der Waals surface area contributed by atoms with Crippen molar-refractivity contribution in [2.45, 2.75) is 33.4 Å². The van der Waals surface area contributed by atoms with Crippen LogP contribution in [0.2, 0.25) is 0 Å². The Morgan fingerprint density at radius 2 is 0.921 bits per heavy atom. The zero-order valence-corrected chi connectivity index (χ0v) is 23.0. The molecule has 0 spiro atoms. The number of carbonyl (C=O) groups excluding carboxylic acids is 2. The maximum absolute atomic E-state index is 12.1. The highest BCUT2D eigenvalue weighted by Crippen LogP contribution is 2.48. The Hall–Kier alpha value is -3.88. The summed E-state index contributed by atoms with van der Waals surface area (Å²) in [6, 6.07) is 26.7. The van der Waals surface area contributed by atoms with Crippen LogP contribution in [0.15, 0.2) is 105 Å². The van der Waals surface area contributed by atoms with E-state index in [2.05, 4.69) is 0 Å². The first-order valence-corrected chi connectivity index (χ1v) is 13.3. The van der Waals surface area contributed by atoms with E-state index in [0.29, 0.717) is 34.1 Å². The number of hydrogen-bond donors (Lipinski definition) is 0. The Kier molecular flexibility index (Phi) is 8.99. The fraction of sp³-hybridized carbons (Fsp3) is 0.133. The molecule has 194 valence electrons. The van der Waals surface area contributed by atoms with E-state index >= 15 is 0 Å². The lowest BCUT2D eigenvalue weighted by molar-refractivity contribution is -0.132. The number of rotatable bonds is 9. The molecule has 0 radical (unpaired) electrons. The lowest BCUT2D eigenvalue weighted by Gasteiger charge is -2.19. The van der Waals surface area contributed by atoms with Crippen molar-refractivity contribution < 1.29 is 28.5 Å². The minimum atomic E-state index is -0.482. The zero-order chi connectivity index (χ0) is 27.1. The fourth-order valence-corrected chi connectivity index (χ4v) is 5.60. The third-order valence-corrected chi connectivity index (χ3v) is 7.36. The number of esters is 2. The summed E-state index contributed by atoms with van der Waals surface area (Å²) in [6.45, 7) is 2.68. The molecule has 4 aromatic carbocycles. The molecule has 0 fully saturated rings. The Labute approximate surface area is 230 Å². The van der Waals surface area contributed by atoms with Crippen LogP contribution in [0.3, 0.4) is 0 Å². The second-order valence-electron chi connectivity index (χ2n) is 8.02. The summed E-state index contributed by atoms with van der Waals surface area (Å²) in [5.74, 6) is 0.778. The molecule has 0 N–H and O–H groups in total. The molecule has 0 atom stereocenters. The van der Waals surface area contributed by atoms with Gasteiger partial charge in [0, 0.05) is 34.8 Å². The van der Waals surface area contributed by atoms with Crippen LogP contribution in [-0.4, -0.2) is 26.2 Å². The average molecular weight is 547 g/mol. The van der Waals surface area contributed by atoms with E-state index < -0.39 is 11.9 Å². The third kappa shape index (κ3) is 6.70. The predicted molar refractivity (Wildman–Crippen MR) is 149 cm³/mol. The number of carbonyl (C=O) groups is 2. The summed E-state index contributed by atoms with van der Waals surface area (Å²) in [4.78, 5) is 27.7. The van der Waals surface area contributed by atoms with E-state index in [0.717, 1.165) is 19.6 Å². The quantitative estimate of drug-likeness (QED) is 0.158. The Bertz CT molecular complexity index is 1330. The van der Waals surface area contributed by atoms with E-state index in [9.17, 15) is 9.59 Å². The summed E-state index contributed by atoms with van der Waals surface area (Å²) >= 11 is 2.96. The van der Waals surface area contributed by atoms with Crippen LogP contribution in [0.5, 0.6) is 23.0 Å². The van der Waals surface area contributed by atoms with Gasteiger partial charge in [0.1, 0.15) is 23.0 Å². The lowest BCUT2D eigenvalue weighted by atomic mass is 10.0. The van der Waals surface area contributed by atoms with E-state index in [1.165, 1.54) is 37.4 Å². The van der Waals surface area contributed by atoms with Gasteiger partial charge in [0.15, 0.2) is 0 Å². The van der Waals surface area contributed by atoms with Gasteiger partial charge in [-0.25, -0.2) is 0 Å². The summed E-state index contributed by atoms with van der Waals surface area (Å²) in [7, 11) is 3.15. The van der Waals surface area contributed by atoms with Gasteiger partial charge in [-0.05, 0) is 48.5 Å². The summed E-state index contributed by atoms with van der Waals surface area (Å²) in [5, 5.41) is 0. The molecule has 4 aromatic rings. The van der Waals surface area contributed by atoms with Crippen molar-refractivity contribution in [3.63, 3.8) is 0 Å². The lowest BCUT2D eigenvalue weighted by Crippen LogP contribution is -2.06. The van der Waals surface area contributed by atoms with Crippen LogP contribution in [0.4, 0.5) is 0 Å². The van der Waals surface area contributed by atoms with Gasteiger partial charge >= 0.3 is 11.9 Å². The van der Waals surface area contributed by atoms with E-state index in [4.69, 9.17) is 18.9 Å². The topological polar surface area (TPSA) is 71.1 Å². The van der Waals surface area contributed by atoms with Gasteiger partial charge in [0.25, 0.3) is 0 Å². The standard InChI is InChI=1S/C30H26O6S2/c1-19(31)35-25-17-29(37-21-11-7-5-8-12-21)27(33-3)15-23(25)24-16-28(34-4)30(18-26(24)36-20(2)32)38-22-13-9-6-10-14-22/h5-18H,1-4H3. The molecule has 0 aliphatic carbocycles. The van der Waals surface area contributed by atoms with Gasteiger partial charge in [-0.1, -0.05) is 59.9 Å². The number of hydrogen-bond acceptors (Lipinski definition) is 8. The highest BCUT2D eigenvalue weighted by molar-refractivity contribution is 7.99. The van der Waals surface area contributed by atoms with Gasteiger partial charge in [-0.2, -0.15) is 0 Å². The maximum Gasteiger partial charge on any atom is 0.308 e. The molecule has 6 nitrogen and oxygen atoms in total. The van der Waals surface area contributed by atoms with E-state index in [1.807, 2.05) is 60.7 Å². The molecule has 0 aromatic heterocycles. The predicted octanol–water partition coefficient (Wildman–Crippen LogP) is 7.52. The first-order chi connectivity index (χ1) is 18.4. The number of methoxy groups -OCH3 is 2. The van der Waals surface area contributed by atoms with Crippen LogP contribution in [-0.2, 0) is 9.59 Å². The van der Waals surface area contributed by atoms with Crippen molar-refractivity contribution in [2.24, 2.45) is 0 Å². The minimum Gasteiger partial charge on any atom is -0.496 e. The van der Waals surface area contributed by atoms with Crippen LogP contribution in [0.25, 0.3) is 11.1 Å². The van der Waals surface area contributed by atoms with Crippen LogP contribution < -0.4 is 18.9 Å². The molecule has 0 saturated carbocycles. The molecule has 4 rings (SSSR count). The van der Waals surface area contributed by atoms with Crippen molar-refractivity contribution in [2.75, 3.05) is 14.2 Å². The van der Waals surface area contributed by atoms with Gasteiger partial charge in [-0.15, -0.1) is 0 Å². The molecule has 8 heteroatoms. The van der Waals surface area contributed by atoms with E-state index in [1.54, 1.807) is 38.5 Å². The van der Waals surface area contributed by atoms with Gasteiger partial charge in [0.2, 0.25) is 0 Å². The Morgan fingerprint density at radius 3 is 1.24 bits per heavy atom. The number of ether oxygens (including phenoxy) is 4. The van der Waals surface area contributed by atoms with Gasteiger partial charge in [0.05, 0.1) is 24.0 Å². The van der Waals surface area contributed by atoms with Crippen molar-refractivity contribution >= 4 is 35.5 Å². The summed E-state index contributed by atoms with van der Waals surface area (Å²) in [5.41, 5.74) is 1.03. The summed E-state index contributed by atoms with van der Waals surface area (Å²) in [6.07, 6.45) is 0. The van der Waals surface area contributed by atoms with E-state index in [-0.39, 0.29) is 0 Å². The fourth-order valence-electron chi connectivity index (χ4n) is 3.69. The second kappa shape index (κ2) is 12.6. The number of benzene rings is 4. The van der Waals surface area contributed by atoms with Gasteiger partial charge in [-0.3, -0.25) is 9.59 Å². The molecule has 0 heterocycles. The van der Waals surface area contributed by atoms with Gasteiger partial charge < -0.3 is 18.9 Å². The average Bonchev–Trinajstić information content (AvgIpc) is 2.90. The Morgan fingerprint density at radius 1 is 0.553 bits per heavy atom. The highest BCUT2D eigenvalue weighted by atomic mass is 32.2. The summed E-state index contributed by atoms with van der Waals surface area (Å²) < 4.78 is 22.7. The SMILES string of the molecule is COc1cc(-c2cc(OC)c(Sc3ccccc3)cc2OC(C)=O)c(OC(C)=O)cc1Sc1ccccc1. The molecule has 0 aliphatic heterocycles. The maximum atomic E-state index is 12.1. The molecule has 0 bridgehead atoms. The third-order valence-electron chi connectivity index (χ3n) is 5.27. The first-order valence-electron chi connectivity index (χ1n) is 11.6. The largest absolute Gasteiger partial charge is 0.496 e. The molecule has 0 saturated heterocycles. The molecular weight excluding hydrogens is 520 g/mol. The van der Waals surface area contributed by atoms with Crippen molar-refractivity contribution in [3.8, 4) is 34.1 Å². The second-order valence-corrected chi connectivity index (χ2v) is 10.2. The molecule has 38 heavy (non-hydrogen) atoms. The first kappa shape index (κ1) is 27.2. The molecule has 0 aliphatic rings. The van der Waals surface area contributed by atoms with Crippen LogP contribution >= 0.6 is 23.5 Å². The minimum absolute atomic E-state index is 0.302. The van der Waals surface area contributed by atoms with Crippen LogP contribution in [0, 0.1) is 0 Å². The van der Waals surface area contributed by atoms with Crippen LogP contribution in [0.1, 0.15) is 13.8 Å². The molecule has 0 amide bonds. The normalized spacial score (nSPS) is 10.5. The smallest absolute Gasteiger partial charge is 0.308 e. The van der Waals surface area contributed by atoms with Crippen molar-refractivity contribution in [3.05, 3.63) is 84.9 Å².